The summed E-state index contributed by atoms with van der Waals surface area (Å²) in [6.45, 7) is 0.772. The van der Waals surface area contributed by atoms with Crippen LogP contribution in [0.25, 0.3) is 76.2 Å². The van der Waals surface area contributed by atoms with Gasteiger partial charge in [-0.15, -0.1) is 11.3 Å². The van der Waals surface area contributed by atoms with Gasteiger partial charge >= 0.3 is 0 Å². The van der Waals surface area contributed by atoms with E-state index in [1.165, 1.54) is 42.3 Å². The van der Waals surface area contributed by atoms with Crippen LogP contribution in [0.2, 0.25) is 0 Å². The molecular weight excluding hydrogens is 583 g/mol. The number of nitrogens with zero attached hydrogens (tertiary/aromatic N) is 4. The Kier molecular flexibility index (Phi) is 6.32. The van der Waals surface area contributed by atoms with Gasteiger partial charge in [-0.1, -0.05) is 60.7 Å². The zero-order chi connectivity index (χ0) is 30.5. The Balaban J connectivity index is 1.18. The maximum Gasteiger partial charge on any atom is 0.160 e. The monoisotopic (exact) mass is 609 g/mol. The van der Waals surface area contributed by atoms with Crippen molar-refractivity contribution in [3.05, 3.63) is 152 Å². The van der Waals surface area contributed by atoms with Crippen molar-refractivity contribution in [2.75, 3.05) is 6.54 Å². The molecule has 1 aliphatic rings. The molecule has 9 rings (SSSR count). The number of hydrogen-bond acceptors (Lipinski definition) is 5. The van der Waals surface area contributed by atoms with Crippen molar-refractivity contribution in [3.63, 3.8) is 0 Å². The number of rotatable bonds is 5. The van der Waals surface area contributed by atoms with Gasteiger partial charge in [-0.2, -0.15) is 0 Å². The third-order valence-electron chi connectivity index (χ3n) is 8.58. The predicted molar refractivity (Wildman–Crippen MR) is 191 cm³/mol. The molecule has 0 saturated carbocycles. The minimum Gasteiger partial charge on any atom is -0.387 e. The van der Waals surface area contributed by atoms with Crippen LogP contribution in [0.15, 0.2) is 146 Å². The van der Waals surface area contributed by atoms with Crippen molar-refractivity contribution >= 4 is 48.8 Å². The molecule has 0 saturated heterocycles. The van der Waals surface area contributed by atoms with Gasteiger partial charge in [0, 0.05) is 56.1 Å². The molecule has 0 spiro atoms. The summed E-state index contributed by atoms with van der Waals surface area (Å²) in [6, 6.07) is 40.9. The van der Waals surface area contributed by atoms with Gasteiger partial charge in [-0.05, 0) is 89.5 Å². The van der Waals surface area contributed by atoms with E-state index in [1.54, 1.807) is 12.4 Å². The average Bonchev–Trinajstić information content (AvgIpc) is 3.72. The van der Waals surface area contributed by atoms with Crippen LogP contribution >= 0.6 is 11.3 Å². The Labute approximate surface area is 269 Å². The smallest absolute Gasteiger partial charge is 0.160 e. The van der Waals surface area contributed by atoms with Crippen molar-refractivity contribution in [2.45, 2.75) is 0 Å². The molecule has 4 aromatic carbocycles. The zero-order valence-corrected chi connectivity index (χ0v) is 25.6. The standard InChI is InChI=1S/C40H27N5S/c1-2-6-28(7-3-1)37-24-30-12-15-36-38(39(30)46-37)32-8-4-5-9-35(32)45(36)31-13-10-29(11-14-31)40-43-33(26-16-20-41-21-17-26)25-34(44-40)27-18-22-42-23-19-27/h1-22,24-25,42H,23H2. The number of nitrogens with one attached hydrogen (secondary N) is 1. The molecule has 0 atom stereocenters. The largest absolute Gasteiger partial charge is 0.387 e. The van der Waals surface area contributed by atoms with Gasteiger partial charge in [-0.25, -0.2) is 9.97 Å². The lowest BCUT2D eigenvalue weighted by Gasteiger charge is -2.13. The highest BCUT2D eigenvalue weighted by Gasteiger charge is 2.18. The first-order chi connectivity index (χ1) is 22.8. The Hall–Kier alpha value is -5.85. The minimum atomic E-state index is 0.694. The molecule has 5 heterocycles. The van der Waals surface area contributed by atoms with E-state index in [4.69, 9.17) is 9.97 Å². The predicted octanol–water partition coefficient (Wildman–Crippen LogP) is 9.68. The van der Waals surface area contributed by atoms with Gasteiger partial charge in [0.15, 0.2) is 5.82 Å². The van der Waals surface area contributed by atoms with E-state index >= 15 is 0 Å². The van der Waals surface area contributed by atoms with Crippen LogP contribution < -0.4 is 5.32 Å². The Morgan fingerprint density at radius 1 is 0.674 bits per heavy atom. The summed E-state index contributed by atoms with van der Waals surface area (Å²) in [5, 5.41) is 7.06. The fraction of sp³-hybridized carbons (Fsp3) is 0.0250. The molecular formula is C40H27N5S. The van der Waals surface area contributed by atoms with Gasteiger partial charge < -0.3 is 9.88 Å². The zero-order valence-electron chi connectivity index (χ0n) is 24.8. The molecule has 218 valence electrons. The summed E-state index contributed by atoms with van der Waals surface area (Å²) in [6.07, 6.45) is 9.78. The summed E-state index contributed by atoms with van der Waals surface area (Å²) in [4.78, 5) is 15.5. The summed E-state index contributed by atoms with van der Waals surface area (Å²) < 4.78 is 3.69. The molecule has 1 N–H and O–H groups in total. The number of dihydropyridines is 1. The Bertz CT molecular complexity index is 2450. The molecule has 1 aliphatic heterocycles. The van der Waals surface area contributed by atoms with Gasteiger partial charge in [0.2, 0.25) is 0 Å². The highest BCUT2D eigenvalue weighted by atomic mass is 32.1. The number of thiophene rings is 1. The third-order valence-corrected chi connectivity index (χ3v) is 9.80. The van der Waals surface area contributed by atoms with Crippen molar-refractivity contribution in [1.82, 2.24) is 24.8 Å². The van der Waals surface area contributed by atoms with Crippen LogP contribution in [0.1, 0.15) is 5.69 Å². The lowest BCUT2D eigenvalue weighted by atomic mass is 10.1. The van der Waals surface area contributed by atoms with Crippen molar-refractivity contribution in [3.8, 4) is 38.8 Å². The molecule has 0 bridgehead atoms. The Morgan fingerprint density at radius 2 is 1.48 bits per heavy atom. The number of allylic oxidation sites excluding steroid dienone is 2. The second kappa shape index (κ2) is 10.9. The number of benzene rings is 4. The van der Waals surface area contributed by atoms with Crippen molar-refractivity contribution < 1.29 is 0 Å². The van der Waals surface area contributed by atoms with Crippen molar-refractivity contribution in [1.29, 1.82) is 0 Å². The van der Waals surface area contributed by atoms with E-state index < -0.39 is 0 Å². The van der Waals surface area contributed by atoms with E-state index in [0.717, 1.165) is 40.3 Å². The number of hydrogen-bond donors (Lipinski definition) is 1. The molecule has 0 radical (unpaired) electrons. The normalized spacial score (nSPS) is 12.9. The highest BCUT2D eigenvalue weighted by Crippen LogP contribution is 2.42. The molecule has 0 fully saturated rings. The molecule has 6 heteroatoms. The second-order valence-electron chi connectivity index (χ2n) is 11.4. The lowest BCUT2D eigenvalue weighted by Crippen LogP contribution is -2.09. The van der Waals surface area contributed by atoms with E-state index in [1.807, 2.05) is 29.7 Å². The van der Waals surface area contributed by atoms with Gasteiger partial charge in [0.1, 0.15) is 0 Å². The van der Waals surface area contributed by atoms with Crippen LogP contribution in [0.5, 0.6) is 0 Å². The quantitative estimate of drug-likeness (QED) is 0.211. The Morgan fingerprint density at radius 3 is 2.30 bits per heavy atom. The number of para-hydroxylation sites is 1. The van der Waals surface area contributed by atoms with Crippen LogP contribution in [0, 0.1) is 0 Å². The maximum atomic E-state index is 5.03. The first kappa shape index (κ1) is 26.5. The van der Waals surface area contributed by atoms with Gasteiger partial charge in [0.25, 0.3) is 0 Å². The molecule has 46 heavy (non-hydrogen) atoms. The summed E-state index contributed by atoms with van der Waals surface area (Å²) >= 11 is 1.87. The fourth-order valence-corrected chi connectivity index (χ4v) is 7.59. The van der Waals surface area contributed by atoms with Gasteiger partial charge in [-0.3, -0.25) is 4.98 Å². The first-order valence-electron chi connectivity index (χ1n) is 15.3. The van der Waals surface area contributed by atoms with Crippen LogP contribution in [-0.2, 0) is 0 Å². The topological polar surface area (TPSA) is 55.6 Å². The van der Waals surface area contributed by atoms with Crippen LogP contribution in [0.3, 0.4) is 0 Å². The van der Waals surface area contributed by atoms with E-state index in [2.05, 4.69) is 130 Å². The highest BCUT2D eigenvalue weighted by molar-refractivity contribution is 7.23. The number of pyridine rings is 1. The number of fused-ring (bicyclic) bond motifs is 5. The molecule has 8 aromatic rings. The molecule has 0 amide bonds. The first-order valence-corrected chi connectivity index (χ1v) is 16.1. The van der Waals surface area contributed by atoms with Crippen molar-refractivity contribution in [2.24, 2.45) is 0 Å². The van der Waals surface area contributed by atoms with E-state index in [9.17, 15) is 0 Å². The maximum absolute atomic E-state index is 5.03. The number of aromatic nitrogens is 4. The molecule has 0 unspecified atom stereocenters. The van der Waals surface area contributed by atoms with Gasteiger partial charge in [0.05, 0.1) is 22.4 Å². The molecule has 0 aliphatic carbocycles. The van der Waals surface area contributed by atoms with E-state index in [0.29, 0.717) is 5.82 Å². The summed E-state index contributed by atoms with van der Waals surface area (Å²) in [5.41, 5.74) is 9.57. The molecule has 4 aromatic heterocycles. The van der Waals surface area contributed by atoms with E-state index in [-0.39, 0.29) is 0 Å². The summed E-state index contributed by atoms with van der Waals surface area (Å²) in [5.74, 6) is 0.694. The van der Waals surface area contributed by atoms with Crippen LogP contribution in [-0.4, -0.2) is 26.1 Å². The fourth-order valence-electron chi connectivity index (χ4n) is 6.37. The lowest BCUT2D eigenvalue weighted by molar-refractivity contribution is 0.973. The average molecular weight is 610 g/mol. The third kappa shape index (κ3) is 4.50. The SMILES string of the molecule is C1=CC(c2cc(-c3ccncc3)nc(-c3ccc(-n4c5ccccc5c5c6sc(-c7ccccc7)cc6ccc54)cc3)n2)=CCN1. The minimum absolute atomic E-state index is 0.694. The second-order valence-corrected chi connectivity index (χ2v) is 12.4. The van der Waals surface area contributed by atoms with Crippen LogP contribution in [0.4, 0.5) is 0 Å². The summed E-state index contributed by atoms with van der Waals surface area (Å²) in [7, 11) is 0. The molecule has 5 nitrogen and oxygen atoms in total.